The molecule has 0 amide bonds. The van der Waals surface area contributed by atoms with Crippen LogP contribution < -0.4 is 0 Å². The molecule has 0 aliphatic rings. The molecule has 74 valence electrons. The van der Waals surface area contributed by atoms with Gasteiger partial charge in [0.1, 0.15) is 6.79 Å². The molecule has 0 bridgehead atoms. The third-order valence-electron chi connectivity index (χ3n) is 2.99. The van der Waals surface area contributed by atoms with E-state index in [9.17, 15) is 0 Å². The molecule has 0 fully saturated rings. The van der Waals surface area contributed by atoms with Crippen molar-refractivity contribution >= 4 is 0 Å². The first kappa shape index (κ1) is 11.9. The summed E-state index contributed by atoms with van der Waals surface area (Å²) < 4.78 is 4.92. The lowest BCUT2D eigenvalue weighted by Crippen LogP contribution is -2.30. The van der Waals surface area contributed by atoms with E-state index in [-0.39, 0.29) is 17.6 Å². The minimum atomic E-state index is -0.166. The summed E-state index contributed by atoms with van der Waals surface area (Å²) >= 11 is 0. The zero-order valence-corrected chi connectivity index (χ0v) is 8.98. The van der Waals surface area contributed by atoms with E-state index in [4.69, 9.17) is 9.84 Å². The van der Waals surface area contributed by atoms with E-state index in [2.05, 4.69) is 34.6 Å². The van der Waals surface area contributed by atoms with Crippen molar-refractivity contribution in [2.24, 2.45) is 10.8 Å². The largest absolute Gasteiger partial charge is 0.371 e. The summed E-state index contributed by atoms with van der Waals surface area (Å²) in [4.78, 5) is 0. The van der Waals surface area contributed by atoms with Gasteiger partial charge in [-0.25, -0.2) is 0 Å². The van der Waals surface area contributed by atoms with Gasteiger partial charge in [-0.2, -0.15) is 0 Å². The quantitative estimate of drug-likeness (QED) is 0.524. The summed E-state index contributed by atoms with van der Waals surface area (Å²) in [7, 11) is 0. The SMILES string of the molecule is CC(C)(C)C(C)(C)CCOCO. The lowest BCUT2D eigenvalue weighted by molar-refractivity contribution is -0.0243. The van der Waals surface area contributed by atoms with E-state index in [1.807, 2.05) is 0 Å². The number of aliphatic hydroxyl groups is 1. The van der Waals surface area contributed by atoms with Gasteiger partial charge in [0.05, 0.1) is 0 Å². The van der Waals surface area contributed by atoms with E-state index in [0.717, 1.165) is 6.42 Å². The van der Waals surface area contributed by atoms with Gasteiger partial charge in [0.25, 0.3) is 0 Å². The number of rotatable bonds is 4. The van der Waals surface area contributed by atoms with Gasteiger partial charge in [0, 0.05) is 6.61 Å². The highest BCUT2D eigenvalue weighted by Crippen LogP contribution is 2.40. The molecule has 0 aromatic heterocycles. The second kappa shape index (κ2) is 4.24. The van der Waals surface area contributed by atoms with Gasteiger partial charge in [-0.3, -0.25) is 0 Å². The molecule has 1 N–H and O–H groups in total. The Kier molecular flexibility index (Phi) is 4.21. The van der Waals surface area contributed by atoms with E-state index < -0.39 is 0 Å². The highest BCUT2D eigenvalue weighted by atomic mass is 16.6. The van der Waals surface area contributed by atoms with Crippen LogP contribution in [0, 0.1) is 10.8 Å². The monoisotopic (exact) mass is 174 g/mol. The van der Waals surface area contributed by atoms with Crippen molar-refractivity contribution in [1.29, 1.82) is 0 Å². The second-order valence-corrected chi connectivity index (χ2v) is 4.92. The molecule has 0 unspecified atom stereocenters. The number of hydrogen-bond acceptors (Lipinski definition) is 2. The standard InChI is InChI=1S/C10H22O2/c1-9(2,3)10(4,5)6-7-12-8-11/h11H,6-8H2,1-5H3. The fourth-order valence-corrected chi connectivity index (χ4v) is 0.767. The Morgan fingerprint density at radius 2 is 1.58 bits per heavy atom. The Bertz CT molecular complexity index is 122. The summed E-state index contributed by atoms with van der Waals surface area (Å²) in [6.07, 6.45) is 0.983. The molecule has 0 aliphatic carbocycles. The number of hydrogen-bond donors (Lipinski definition) is 1. The molecule has 0 radical (unpaired) electrons. The zero-order valence-electron chi connectivity index (χ0n) is 8.98. The van der Waals surface area contributed by atoms with Crippen LogP contribution in [0.4, 0.5) is 0 Å². The maximum absolute atomic E-state index is 8.44. The fourth-order valence-electron chi connectivity index (χ4n) is 0.767. The Hall–Kier alpha value is -0.0800. The predicted molar refractivity (Wildman–Crippen MR) is 50.9 cm³/mol. The van der Waals surface area contributed by atoms with Crippen LogP contribution in [0.25, 0.3) is 0 Å². The summed E-state index contributed by atoms with van der Waals surface area (Å²) in [5.74, 6) is 0. The van der Waals surface area contributed by atoms with Crippen molar-refractivity contribution in [3.05, 3.63) is 0 Å². The Labute approximate surface area is 75.9 Å². The van der Waals surface area contributed by atoms with Gasteiger partial charge >= 0.3 is 0 Å². The first-order valence-corrected chi connectivity index (χ1v) is 4.50. The molecule has 0 aliphatic heterocycles. The first-order chi connectivity index (χ1) is 5.31. The van der Waals surface area contributed by atoms with E-state index in [0.29, 0.717) is 6.61 Å². The fraction of sp³-hybridized carbons (Fsp3) is 1.00. The lowest BCUT2D eigenvalue weighted by atomic mass is 9.67. The maximum atomic E-state index is 8.44. The van der Waals surface area contributed by atoms with Gasteiger partial charge in [-0.15, -0.1) is 0 Å². The van der Waals surface area contributed by atoms with Crippen LogP contribution in [0.1, 0.15) is 41.0 Å². The third-order valence-corrected chi connectivity index (χ3v) is 2.99. The summed E-state index contributed by atoms with van der Waals surface area (Å²) in [5.41, 5.74) is 0.536. The molecule has 12 heavy (non-hydrogen) atoms. The number of ether oxygens (including phenoxy) is 1. The van der Waals surface area contributed by atoms with Crippen molar-refractivity contribution in [3.63, 3.8) is 0 Å². The van der Waals surface area contributed by atoms with E-state index in [1.54, 1.807) is 0 Å². The van der Waals surface area contributed by atoms with Gasteiger partial charge < -0.3 is 9.84 Å². The maximum Gasteiger partial charge on any atom is 0.143 e. The van der Waals surface area contributed by atoms with Crippen LogP contribution in [-0.4, -0.2) is 18.5 Å². The van der Waals surface area contributed by atoms with Gasteiger partial charge in [0.15, 0.2) is 0 Å². The minimum absolute atomic E-state index is 0.166. The van der Waals surface area contributed by atoms with Crippen LogP contribution in [0.5, 0.6) is 0 Å². The zero-order chi connectivity index (χ0) is 9.83. The molecule has 0 aromatic carbocycles. The van der Waals surface area contributed by atoms with Gasteiger partial charge in [-0.1, -0.05) is 34.6 Å². The number of aliphatic hydroxyl groups excluding tert-OH is 1. The average molecular weight is 174 g/mol. The first-order valence-electron chi connectivity index (χ1n) is 4.50. The van der Waals surface area contributed by atoms with Crippen LogP contribution in [0.2, 0.25) is 0 Å². The van der Waals surface area contributed by atoms with Gasteiger partial charge in [-0.05, 0) is 17.3 Å². The molecule has 2 heteroatoms. The molecule has 0 atom stereocenters. The molecular weight excluding hydrogens is 152 g/mol. The molecule has 0 spiro atoms. The molecule has 0 saturated heterocycles. The smallest absolute Gasteiger partial charge is 0.143 e. The van der Waals surface area contributed by atoms with Crippen molar-refractivity contribution < 1.29 is 9.84 Å². The van der Waals surface area contributed by atoms with Crippen LogP contribution in [-0.2, 0) is 4.74 Å². The van der Waals surface area contributed by atoms with E-state index in [1.165, 1.54) is 0 Å². The normalized spacial score (nSPS) is 13.5. The molecule has 0 heterocycles. The Morgan fingerprint density at radius 3 is 1.92 bits per heavy atom. The molecular formula is C10H22O2. The predicted octanol–water partition coefficient (Wildman–Crippen LogP) is 2.42. The molecule has 2 nitrogen and oxygen atoms in total. The molecule has 0 saturated carbocycles. The summed E-state index contributed by atoms with van der Waals surface area (Å²) in [6, 6.07) is 0. The summed E-state index contributed by atoms with van der Waals surface area (Å²) in [5, 5.41) is 8.44. The van der Waals surface area contributed by atoms with Crippen LogP contribution in [0.3, 0.4) is 0 Å². The lowest BCUT2D eigenvalue weighted by Gasteiger charge is -2.38. The van der Waals surface area contributed by atoms with Crippen LogP contribution >= 0.6 is 0 Å². The Balaban J connectivity index is 3.88. The highest BCUT2D eigenvalue weighted by Gasteiger charge is 2.31. The molecule has 0 rings (SSSR count). The summed E-state index contributed by atoms with van der Waals surface area (Å²) in [6.45, 7) is 11.6. The van der Waals surface area contributed by atoms with Gasteiger partial charge in [0.2, 0.25) is 0 Å². The van der Waals surface area contributed by atoms with Crippen molar-refractivity contribution in [1.82, 2.24) is 0 Å². The second-order valence-electron chi connectivity index (χ2n) is 4.92. The van der Waals surface area contributed by atoms with E-state index >= 15 is 0 Å². The average Bonchev–Trinajstić information content (AvgIpc) is 1.85. The minimum Gasteiger partial charge on any atom is -0.371 e. The topological polar surface area (TPSA) is 29.5 Å². The third kappa shape index (κ3) is 3.55. The van der Waals surface area contributed by atoms with Crippen molar-refractivity contribution in [2.45, 2.75) is 41.0 Å². The van der Waals surface area contributed by atoms with Crippen molar-refractivity contribution in [3.8, 4) is 0 Å². The van der Waals surface area contributed by atoms with Crippen molar-refractivity contribution in [2.75, 3.05) is 13.4 Å². The molecule has 0 aromatic rings. The highest BCUT2D eigenvalue weighted by molar-refractivity contribution is 4.81. The van der Waals surface area contributed by atoms with Crippen LogP contribution in [0.15, 0.2) is 0 Å². The Morgan fingerprint density at radius 1 is 1.08 bits per heavy atom.